The molecule has 0 saturated heterocycles. The number of benzene rings is 4. The summed E-state index contributed by atoms with van der Waals surface area (Å²) in [6, 6.07) is 34.1. The molecule has 0 spiro atoms. The second kappa shape index (κ2) is 10.7. The van der Waals surface area contributed by atoms with Crippen molar-refractivity contribution in [2.24, 2.45) is 0 Å². The summed E-state index contributed by atoms with van der Waals surface area (Å²) in [5.74, 6) is -0.0625. The molecule has 7 rings (SSSR count). The topological polar surface area (TPSA) is 55.1 Å². The van der Waals surface area contributed by atoms with Gasteiger partial charge in [-0.05, 0) is 13.8 Å². The van der Waals surface area contributed by atoms with Crippen LogP contribution in [0.4, 0.5) is 0 Å². The molecule has 0 atom stereocenters. The van der Waals surface area contributed by atoms with Crippen LogP contribution in [-0.2, 0) is 24.9 Å². The third kappa shape index (κ3) is 4.62. The van der Waals surface area contributed by atoms with Crippen molar-refractivity contribution in [1.29, 1.82) is 0 Å². The molecule has 38 heavy (non-hydrogen) atoms. The van der Waals surface area contributed by atoms with Gasteiger partial charge in [-0.15, -0.1) is 0 Å². The van der Waals surface area contributed by atoms with Crippen LogP contribution >= 0.6 is 0 Å². The number of carbonyl (C=O) groups excluding carboxylic acids is 1. The van der Waals surface area contributed by atoms with Crippen LogP contribution in [0.2, 0.25) is 0 Å². The molecule has 3 aromatic heterocycles. The van der Waals surface area contributed by atoms with Crippen molar-refractivity contribution in [3.05, 3.63) is 109 Å². The molecule has 0 fully saturated rings. The van der Waals surface area contributed by atoms with Crippen molar-refractivity contribution >= 4 is 72.3 Å². The predicted molar refractivity (Wildman–Crippen MR) is 154 cm³/mol. The van der Waals surface area contributed by atoms with Gasteiger partial charge in [0.2, 0.25) is 0 Å². The van der Waals surface area contributed by atoms with E-state index in [1.165, 1.54) is 61.3 Å². The molecule has 6 heteroatoms. The van der Waals surface area contributed by atoms with Crippen LogP contribution < -0.4 is 0 Å². The van der Waals surface area contributed by atoms with Crippen LogP contribution in [-0.4, -0.2) is 34.9 Å². The molecular weight excluding hydrogens is 716 g/mol. The first-order valence-corrected chi connectivity index (χ1v) is 13.7. The molecular formula is C32H23IrN2O2Se-. The van der Waals surface area contributed by atoms with Gasteiger partial charge in [0, 0.05) is 26.2 Å². The minimum absolute atomic E-state index is 0. The fourth-order valence-electron chi connectivity index (χ4n) is 4.92. The SMILES string of the molecule is CC(=O)/C=C(/C)O.[Ir].[c-]1c2ccccc2cc2[se]c3cccc4c3c3c(nccc3n4-c3ccccc3)c12. The molecule has 0 bridgehead atoms. The molecule has 0 aliphatic heterocycles. The van der Waals surface area contributed by atoms with Crippen LogP contribution in [0.15, 0.2) is 103 Å². The van der Waals surface area contributed by atoms with Crippen LogP contribution in [0, 0.1) is 6.07 Å². The average Bonchev–Trinajstić information content (AvgIpc) is 3.16. The van der Waals surface area contributed by atoms with E-state index in [1.54, 1.807) is 0 Å². The molecule has 7 aromatic rings. The number of allylic oxidation sites excluding steroid dienone is 2. The zero-order chi connectivity index (χ0) is 25.5. The van der Waals surface area contributed by atoms with Crippen LogP contribution in [0.5, 0.6) is 0 Å². The first-order valence-electron chi connectivity index (χ1n) is 12.0. The Bertz CT molecular complexity index is 1980. The van der Waals surface area contributed by atoms with E-state index in [0.717, 1.165) is 16.3 Å². The van der Waals surface area contributed by atoms with Gasteiger partial charge in [-0.2, -0.15) is 0 Å². The number of pyridine rings is 1. The normalized spacial score (nSPS) is 11.6. The summed E-state index contributed by atoms with van der Waals surface area (Å²) in [5.41, 5.74) is 4.70. The van der Waals surface area contributed by atoms with Gasteiger partial charge >= 0.3 is 179 Å². The molecule has 3 heterocycles. The van der Waals surface area contributed by atoms with Gasteiger partial charge in [0.05, 0.1) is 5.76 Å². The van der Waals surface area contributed by atoms with Crippen molar-refractivity contribution in [3.63, 3.8) is 0 Å². The van der Waals surface area contributed by atoms with E-state index in [1.807, 2.05) is 6.20 Å². The predicted octanol–water partition coefficient (Wildman–Crippen LogP) is 7.53. The standard InChI is InChI=1S/C27H15N2Se.C5H8O2.Ir/c1-2-9-19(10-3-1)29-21-11-6-12-23-25(21)26-22(29)13-14-28-27(26)20-15-17-7-4-5-8-18(17)16-24(20)30-23;1-4(6)3-5(2)7;/h1-14,16H;3,6H,1-2H3;/q-1;;/b;4-3-;. The van der Waals surface area contributed by atoms with E-state index in [-0.39, 0.29) is 46.2 Å². The first-order chi connectivity index (χ1) is 18.0. The van der Waals surface area contributed by atoms with Gasteiger partial charge in [0.25, 0.3) is 0 Å². The monoisotopic (exact) mass is 740 g/mol. The number of ketones is 1. The van der Waals surface area contributed by atoms with Crippen molar-refractivity contribution in [3.8, 4) is 5.69 Å². The summed E-state index contributed by atoms with van der Waals surface area (Å²) in [5, 5.41) is 14.5. The van der Waals surface area contributed by atoms with E-state index >= 15 is 0 Å². The Kier molecular flexibility index (Phi) is 7.34. The van der Waals surface area contributed by atoms with E-state index in [0.29, 0.717) is 0 Å². The number of aromatic nitrogens is 2. The zero-order valence-electron chi connectivity index (χ0n) is 20.7. The molecule has 0 unspecified atom stereocenters. The van der Waals surface area contributed by atoms with Gasteiger partial charge in [0.1, 0.15) is 0 Å². The van der Waals surface area contributed by atoms with Gasteiger partial charge in [-0.1, -0.05) is 0 Å². The van der Waals surface area contributed by atoms with E-state index in [4.69, 9.17) is 10.1 Å². The maximum atomic E-state index is 10.0. The second-order valence-corrected chi connectivity index (χ2v) is 11.2. The van der Waals surface area contributed by atoms with Crippen LogP contribution in [0.1, 0.15) is 13.8 Å². The number of carbonyl (C=O) groups is 1. The second-order valence-electron chi connectivity index (χ2n) is 8.97. The Morgan fingerprint density at radius 2 is 1.63 bits per heavy atom. The fourth-order valence-corrected chi connectivity index (χ4v) is 7.28. The van der Waals surface area contributed by atoms with Crippen LogP contribution in [0.25, 0.3) is 57.7 Å². The van der Waals surface area contributed by atoms with Gasteiger partial charge in [0.15, 0.2) is 5.78 Å². The molecule has 0 saturated carbocycles. The molecule has 0 amide bonds. The Hall–Kier alpha value is -3.53. The Balaban J connectivity index is 0.000000329. The molecule has 4 aromatic carbocycles. The maximum absolute atomic E-state index is 10.0. The minimum atomic E-state index is -0.125. The number of nitrogens with zero attached hydrogens (tertiary/aromatic N) is 2. The molecule has 0 aliphatic rings. The van der Waals surface area contributed by atoms with E-state index < -0.39 is 0 Å². The number of fused-ring (bicyclic) bond motifs is 3. The van der Waals surface area contributed by atoms with Crippen molar-refractivity contribution < 1.29 is 30.0 Å². The number of rotatable bonds is 2. The Morgan fingerprint density at radius 3 is 2.37 bits per heavy atom. The van der Waals surface area contributed by atoms with Crippen molar-refractivity contribution in [2.75, 3.05) is 0 Å². The molecule has 0 aliphatic carbocycles. The van der Waals surface area contributed by atoms with Crippen LogP contribution in [0.3, 0.4) is 0 Å². The number of aliphatic hydroxyl groups excluding tert-OH is 1. The van der Waals surface area contributed by atoms with E-state index in [9.17, 15) is 4.79 Å². The average molecular weight is 739 g/mol. The van der Waals surface area contributed by atoms with Crippen molar-refractivity contribution in [2.45, 2.75) is 13.8 Å². The summed E-state index contributed by atoms with van der Waals surface area (Å²) in [7, 11) is 0. The Morgan fingerprint density at radius 1 is 0.895 bits per heavy atom. The van der Waals surface area contributed by atoms with Gasteiger partial charge in [-0.25, -0.2) is 0 Å². The zero-order valence-corrected chi connectivity index (χ0v) is 24.8. The third-order valence-electron chi connectivity index (χ3n) is 6.30. The Labute approximate surface area is 239 Å². The molecule has 4 nitrogen and oxygen atoms in total. The third-order valence-corrected chi connectivity index (χ3v) is 8.61. The summed E-state index contributed by atoms with van der Waals surface area (Å²) in [6.07, 6.45) is 3.11. The quantitative estimate of drug-likeness (QED) is 0.0865. The number of hydrogen-bond donors (Lipinski definition) is 1. The summed E-state index contributed by atoms with van der Waals surface area (Å²) >= 11 is 0.186. The molecule has 1 radical (unpaired) electrons. The number of aliphatic hydroxyl groups is 1. The van der Waals surface area contributed by atoms with Gasteiger partial charge < -0.3 is 5.11 Å². The summed E-state index contributed by atoms with van der Waals surface area (Å²) in [4.78, 5) is 14.9. The fraction of sp³-hybridized carbons (Fsp3) is 0.0625. The first kappa shape index (κ1) is 26.1. The summed E-state index contributed by atoms with van der Waals surface area (Å²) in [6.45, 7) is 2.85. The number of hydrogen-bond acceptors (Lipinski definition) is 3. The summed E-state index contributed by atoms with van der Waals surface area (Å²) < 4.78 is 5.15. The van der Waals surface area contributed by atoms with Gasteiger partial charge in [-0.3, -0.25) is 4.79 Å². The number of para-hydroxylation sites is 1. The van der Waals surface area contributed by atoms with Crippen molar-refractivity contribution in [1.82, 2.24) is 9.55 Å². The molecule has 1 N–H and O–H groups in total. The molecule has 189 valence electrons. The van der Waals surface area contributed by atoms with E-state index in [2.05, 4.69) is 95.6 Å².